The summed E-state index contributed by atoms with van der Waals surface area (Å²) >= 11 is 5.83. The highest BCUT2D eigenvalue weighted by molar-refractivity contribution is 6.30. The number of rotatable bonds is 4. The van der Waals surface area contributed by atoms with Gasteiger partial charge in [-0.15, -0.1) is 0 Å². The number of hydrogen-bond acceptors (Lipinski definition) is 1. The monoisotopic (exact) mass is 235 g/mol. The number of hydrogen-bond donors (Lipinski definition) is 1. The Morgan fingerprint density at radius 3 is 2.94 bits per heavy atom. The Hall–Kier alpha value is -1.54. The van der Waals surface area contributed by atoms with Crippen molar-refractivity contribution >= 4 is 17.5 Å². The van der Waals surface area contributed by atoms with Gasteiger partial charge in [0.15, 0.2) is 0 Å². The van der Waals surface area contributed by atoms with E-state index in [1.807, 2.05) is 31.2 Å². The number of carbonyl (C=O) groups excluding carboxylic acids is 1. The molecular weight excluding hydrogens is 222 g/mol. The van der Waals surface area contributed by atoms with E-state index >= 15 is 0 Å². The Balaban J connectivity index is 2.43. The van der Waals surface area contributed by atoms with E-state index in [0.29, 0.717) is 11.6 Å². The van der Waals surface area contributed by atoms with Gasteiger partial charge in [0.1, 0.15) is 0 Å². The molecule has 1 aromatic carbocycles. The molecule has 16 heavy (non-hydrogen) atoms. The van der Waals surface area contributed by atoms with E-state index in [9.17, 15) is 4.79 Å². The summed E-state index contributed by atoms with van der Waals surface area (Å²) in [5, 5.41) is 3.44. The lowest BCUT2D eigenvalue weighted by Crippen LogP contribution is -2.20. The minimum Gasteiger partial charge on any atom is -0.348 e. The molecule has 0 unspecified atom stereocenters. The lowest BCUT2D eigenvalue weighted by molar-refractivity contribution is -0.116. The number of amides is 1. The minimum absolute atomic E-state index is 0.113. The Bertz CT molecular complexity index is 410. The number of allylic oxidation sites excluding steroid dienone is 3. The summed E-state index contributed by atoms with van der Waals surface area (Å²) < 4.78 is 0. The number of benzene rings is 1. The quantitative estimate of drug-likeness (QED) is 0.631. The third-order valence-corrected chi connectivity index (χ3v) is 2.14. The van der Waals surface area contributed by atoms with Gasteiger partial charge < -0.3 is 5.32 Å². The van der Waals surface area contributed by atoms with Crippen LogP contribution in [0.15, 0.2) is 48.6 Å². The molecule has 2 nitrogen and oxygen atoms in total. The van der Waals surface area contributed by atoms with Crippen molar-refractivity contribution in [1.29, 1.82) is 0 Å². The number of carbonyl (C=O) groups is 1. The third kappa shape index (κ3) is 4.80. The highest BCUT2D eigenvalue weighted by Crippen LogP contribution is 2.10. The largest absolute Gasteiger partial charge is 0.348 e. The van der Waals surface area contributed by atoms with Crippen molar-refractivity contribution in [2.45, 2.75) is 13.5 Å². The maximum absolute atomic E-state index is 11.3. The molecule has 0 aliphatic rings. The zero-order valence-corrected chi connectivity index (χ0v) is 9.87. The van der Waals surface area contributed by atoms with Crippen molar-refractivity contribution in [3.8, 4) is 0 Å². The highest BCUT2D eigenvalue weighted by atomic mass is 35.5. The van der Waals surface area contributed by atoms with Gasteiger partial charge in [-0.25, -0.2) is 0 Å². The van der Waals surface area contributed by atoms with Crippen LogP contribution >= 0.6 is 11.6 Å². The topological polar surface area (TPSA) is 29.1 Å². The Labute approximate surface area is 101 Å². The molecule has 0 aliphatic heterocycles. The molecule has 0 spiro atoms. The molecule has 3 heteroatoms. The van der Waals surface area contributed by atoms with Gasteiger partial charge in [0.2, 0.25) is 5.91 Å². The van der Waals surface area contributed by atoms with Gasteiger partial charge in [-0.05, 0) is 24.6 Å². The fourth-order valence-corrected chi connectivity index (χ4v) is 1.36. The zero-order chi connectivity index (χ0) is 11.8. The van der Waals surface area contributed by atoms with E-state index in [1.165, 1.54) is 6.08 Å². The molecule has 84 valence electrons. The maximum atomic E-state index is 11.3. The van der Waals surface area contributed by atoms with Gasteiger partial charge in [0.05, 0.1) is 0 Å². The first-order valence-corrected chi connectivity index (χ1v) is 5.42. The SMILES string of the molecule is C/C=C/C=C/C(=O)NCc1cccc(Cl)c1. The van der Waals surface area contributed by atoms with Crippen LogP contribution in [0.1, 0.15) is 12.5 Å². The van der Waals surface area contributed by atoms with Gasteiger partial charge in [-0.2, -0.15) is 0 Å². The van der Waals surface area contributed by atoms with Gasteiger partial charge in [0, 0.05) is 17.6 Å². The van der Waals surface area contributed by atoms with Crippen molar-refractivity contribution in [2.24, 2.45) is 0 Å². The maximum Gasteiger partial charge on any atom is 0.244 e. The molecule has 0 fully saturated rings. The third-order valence-electron chi connectivity index (χ3n) is 1.91. The summed E-state index contributed by atoms with van der Waals surface area (Å²) in [6, 6.07) is 7.41. The second-order valence-electron chi connectivity index (χ2n) is 3.23. The predicted molar refractivity (Wildman–Crippen MR) is 67.3 cm³/mol. The number of nitrogens with one attached hydrogen (secondary N) is 1. The zero-order valence-electron chi connectivity index (χ0n) is 9.11. The van der Waals surface area contributed by atoms with Crippen molar-refractivity contribution in [3.63, 3.8) is 0 Å². The first-order chi connectivity index (χ1) is 7.72. The molecule has 1 aromatic rings. The molecule has 0 atom stereocenters. The van der Waals surface area contributed by atoms with Crippen molar-refractivity contribution in [2.75, 3.05) is 0 Å². The molecule has 0 bridgehead atoms. The van der Waals surface area contributed by atoms with Gasteiger partial charge in [-0.3, -0.25) is 4.79 Å². The Morgan fingerprint density at radius 2 is 2.25 bits per heavy atom. The normalized spacial score (nSPS) is 11.1. The molecular formula is C13H14ClNO. The van der Waals surface area contributed by atoms with E-state index in [1.54, 1.807) is 18.2 Å². The van der Waals surface area contributed by atoms with Crippen LogP contribution < -0.4 is 5.32 Å². The van der Waals surface area contributed by atoms with Gasteiger partial charge in [0.25, 0.3) is 0 Å². The van der Waals surface area contributed by atoms with Crippen molar-refractivity contribution < 1.29 is 4.79 Å². The second kappa shape index (κ2) is 6.85. The molecule has 1 amide bonds. The lowest BCUT2D eigenvalue weighted by Gasteiger charge is -2.02. The van der Waals surface area contributed by atoms with Crippen LogP contribution in [0.4, 0.5) is 0 Å². The van der Waals surface area contributed by atoms with Crippen LogP contribution in [0.25, 0.3) is 0 Å². The molecule has 0 aromatic heterocycles. The summed E-state index contributed by atoms with van der Waals surface area (Å²) in [7, 11) is 0. The highest BCUT2D eigenvalue weighted by Gasteiger charge is 1.96. The summed E-state index contributed by atoms with van der Waals surface area (Å²) in [6.45, 7) is 2.38. The molecule has 0 saturated carbocycles. The predicted octanol–water partition coefficient (Wildman–Crippen LogP) is 3.09. The first-order valence-electron chi connectivity index (χ1n) is 5.04. The smallest absolute Gasteiger partial charge is 0.244 e. The second-order valence-corrected chi connectivity index (χ2v) is 3.67. The average Bonchev–Trinajstić information content (AvgIpc) is 2.27. The summed E-state index contributed by atoms with van der Waals surface area (Å²) in [5.74, 6) is -0.113. The number of halogens is 1. The van der Waals surface area contributed by atoms with Crippen LogP contribution in [0.2, 0.25) is 5.02 Å². The standard InChI is InChI=1S/C13H14ClNO/c1-2-3-4-8-13(16)15-10-11-6-5-7-12(14)9-11/h2-9H,10H2,1H3,(H,15,16)/b3-2+,8-4+. The van der Waals surface area contributed by atoms with Crippen LogP contribution in [0, 0.1) is 0 Å². The molecule has 1 N–H and O–H groups in total. The van der Waals surface area contributed by atoms with E-state index in [-0.39, 0.29) is 5.91 Å². The summed E-state index contributed by atoms with van der Waals surface area (Å²) in [4.78, 5) is 11.3. The Kier molecular flexibility index (Phi) is 5.37. The summed E-state index contributed by atoms with van der Waals surface area (Å²) in [6.07, 6.45) is 6.86. The van der Waals surface area contributed by atoms with Gasteiger partial charge >= 0.3 is 0 Å². The van der Waals surface area contributed by atoms with Crippen LogP contribution in [-0.4, -0.2) is 5.91 Å². The van der Waals surface area contributed by atoms with Crippen molar-refractivity contribution in [3.05, 3.63) is 59.2 Å². The van der Waals surface area contributed by atoms with E-state index in [0.717, 1.165) is 5.56 Å². The van der Waals surface area contributed by atoms with Gasteiger partial charge in [-0.1, -0.05) is 42.0 Å². The molecule has 0 aliphatic carbocycles. The molecule has 1 rings (SSSR count). The average molecular weight is 236 g/mol. The Morgan fingerprint density at radius 1 is 1.44 bits per heavy atom. The molecule has 0 saturated heterocycles. The van der Waals surface area contributed by atoms with Crippen LogP contribution in [-0.2, 0) is 11.3 Å². The van der Waals surface area contributed by atoms with E-state index in [2.05, 4.69) is 5.32 Å². The summed E-state index contributed by atoms with van der Waals surface area (Å²) in [5.41, 5.74) is 0.986. The van der Waals surface area contributed by atoms with Crippen LogP contribution in [0.3, 0.4) is 0 Å². The van der Waals surface area contributed by atoms with Crippen molar-refractivity contribution in [1.82, 2.24) is 5.32 Å². The molecule has 0 radical (unpaired) electrons. The lowest BCUT2D eigenvalue weighted by atomic mass is 10.2. The van der Waals surface area contributed by atoms with E-state index in [4.69, 9.17) is 11.6 Å². The van der Waals surface area contributed by atoms with E-state index < -0.39 is 0 Å². The minimum atomic E-state index is -0.113. The van der Waals surface area contributed by atoms with Crippen LogP contribution in [0.5, 0.6) is 0 Å². The fourth-order valence-electron chi connectivity index (χ4n) is 1.15. The first kappa shape index (κ1) is 12.5. The fraction of sp³-hybridized carbons (Fsp3) is 0.154. The molecule has 0 heterocycles.